The molecule has 0 atom stereocenters. The van der Waals surface area contributed by atoms with Crippen molar-refractivity contribution in [3.8, 4) is 17.2 Å². The second-order valence-electron chi connectivity index (χ2n) is 9.03. The molecule has 8 heteroatoms. The highest BCUT2D eigenvalue weighted by molar-refractivity contribution is 6.01. The fourth-order valence-electron chi connectivity index (χ4n) is 3.58. The predicted octanol–water partition coefficient (Wildman–Crippen LogP) is 7.69. The van der Waals surface area contributed by atoms with Gasteiger partial charge >= 0.3 is 6.09 Å². The van der Waals surface area contributed by atoms with Crippen LogP contribution >= 0.6 is 0 Å². The Bertz CT molecular complexity index is 1260. The van der Waals surface area contributed by atoms with Gasteiger partial charge in [-0.25, -0.2) is 13.6 Å². The molecule has 196 valence electrons. The molecular formula is C29H31F2NO5. The van der Waals surface area contributed by atoms with Crippen LogP contribution in [0.4, 0.5) is 19.3 Å². The van der Waals surface area contributed by atoms with Gasteiger partial charge in [0.05, 0.1) is 11.7 Å². The van der Waals surface area contributed by atoms with E-state index in [0.717, 1.165) is 17.7 Å². The summed E-state index contributed by atoms with van der Waals surface area (Å²) in [4.78, 5) is 25.5. The maximum atomic E-state index is 13.4. The molecule has 0 saturated heterocycles. The highest BCUT2D eigenvalue weighted by Crippen LogP contribution is 2.32. The number of ketones is 1. The minimum absolute atomic E-state index is 0.0236. The molecular weight excluding hydrogens is 480 g/mol. The predicted molar refractivity (Wildman–Crippen MR) is 137 cm³/mol. The van der Waals surface area contributed by atoms with E-state index in [9.17, 15) is 18.4 Å². The Kier molecular flexibility index (Phi) is 9.22. The monoisotopic (exact) mass is 511 g/mol. The van der Waals surface area contributed by atoms with E-state index >= 15 is 0 Å². The van der Waals surface area contributed by atoms with E-state index < -0.39 is 17.7 Å². The van der Waals surface area contributed by atoms with E-state index in [4.69, 9.17) is 14.2 Å². The van der Waals surface area contributed by atoms with E-state index in [1.807, 2.05) is 46.8 Å². The third-order valence-electron chi connectivity index (χ3n) is 5.42. The average molecular weight is 512 g/mol. The Morgan fingerprint density at radius 3 is 2.11 bits per heavy atom. The van der Waals surface area contributed by atoms with Crippen molar-refractivity contribution in [1.82, 2.24) is 0 Å². The number of amides is 1. The fraction of sp³-hybridized carbons (Fsp3) is 0.310. The van der Waals surface area contributed by atoms with Crippen LogP contribution in [0.3, 0.4) is 0 Å². The average Bonchev–Trinajstić information content (AvgIpc) is 2.85. The van der Waals surface area contributed by atoms with Crippen LogP contribution in [-0.4, -0.2) is 18.0 Å². The van der Waals surface area contributed by atoms with E-state index in [0.29, 0.717) is 34.7 Å². The minimum atomic E-state index is -1.01. The van der Waals surface area contributed by atoms with E-state index in [1.165, 1.54) is 6.07 Å². The number of benzene rings is 3. The van der Waals surface area contributed by atoms with Crippen molar-refractivity contribution < 1.29 is 32.6 Å². The Morgan fingerprint density at radius 2 is 1.51 bits per heavy atom. The standard InChI is InChI=1S/C29H31F2NO5/c1-6-19-7-8-20(28(36-18(4)5)26(19)27(33)17(2)3)16-35-29(34)32-21-9-11-22(12-10-21)37-23-13-14-24(30)25(31)15-23/h7-15,17-18H,6,16H2,1-5H3,(H,32,34). The van der Waals surface area contributed by atoms with Crippen LogP contribution < -0.4 is 14.8 Å². The Balaban J connectivity index is 1.69. The number of hydrogen-bond acceptors (Lipinski definition) is 5. The fourth-order valence-corrected chi connectivity index (χ4v) is 3.58. The van der Waals surface area contributed by atoms with Gasteiger partial charge in [-0.1, -0.05) is 32.9 Å². The normalized spacial score (nSPS) is 10.9. The third-order valence-corrected chi connectivity index (χ3v) is 5.42. The quantitative estimate of drug-likeness (QED) is 0.282. The molecule has 0 heterocycles. The molecule has 1 amide bonds. The molecule has 0 saturated carbocycles. The van der Waals surface area contributed by atoms with Crippen molar-refractivity contribution in [2.75, 3.05) is 5.32 Å². The largest absolute Gasteiger partial charge is 0.490 e. The molecule has 0 spiro atoms. The molecule has 0 fully saturated rings. The highest BCUT2D eigenvalue weighted by atomic mass is 19.2. The topological polar surface area (TPSA) is 73.9 Å². The molecule has 0 aliphatic carbocycles. The number of carbonyl (C=O) groups excluding carboxylic acids is 2. The second-order valence-corrected chi connectivity index (χ2v) is 9.03. The number of hydrogen-bond donors (Lipinski definition) is 1. The van der Waals surface area contributed by atoms with Gasteiger partial charge in [0, 0.05) is 23.2 Å². The van der Waals surface area contributed by atoms with E-state index in [1.54, 1.807) is 24.3 Å². The smallest absolute Gasteiger partial charge is 0.411 e. The van der Waals surface area contributed by atoms with Crippen LogP contribution in [0.15, 0.2) is 54.6 Å². The molecule has 3 aromatic rings. The third kappa shape index (κ3) is 7.29. The van der Waals surface area contributed by atoms with Gasteiger partial charge in [-0.3, -0.25) is 10.1 Å². The van der Waals surface area contributed by atoms with Gasteiger partial charge in [0.2, 0.25) is 0 Å². The first-order valence-corrected chi connectivity index (χ1v) is 12.1. The number of carbonyl (C=O) groups is 2. The Labute approximate surface area is 215 Å². The first kappa shape index (κ1) is 27.6. The zero-order valence-electron chi connectivity index (χ0n) is 21.6. The van der Waals surface area contributed by atoms with Gasteiger partial charge in [0.1, 0.15) is 23.9 Å². The first-order valence-electron chi connectivity index (χ1n) is 12.1. The van der Waals surface area contributed by atoms with Crippen molar-refractivity contribution >= 4 is 17.6 Å². The summed E-state index contributed by atoms with van der Waals surface area (Å²) in [5.74, 6) is -1.25. The molecule has 1 N–H and O–H groups in total. The van der Waals surface area contributed by atoms with Crippen molar-refractivity contribution in [3.63, 3.8) is 0 Å². The molecule has 0 radical (unpaired) electrons. The van der Waals surface area contributed by atoms with Crippen molar-refractivity contribution in [3.05, 3.63) is 82.9 Å². The zero-order chi connectivity index (χ0) is 27.1. The summed E-state index contributed by atoms with van der Waals surface area (Å²) in [7, 11) is 0. The lowest BCUT2D eigenvalue weighted by atomic mass is 9.92. The maximum absolute atomic E-state index is 13.4. The van der Waals surface area contributed by atoms with Gasteiger partial charge in [0.25, 0.3) is 0 Å². The Hall–Kier alpha value is -3.94. The number of Topliss-reactive ketones (excluding diaryl/α,β-unsaturated/α-hetero) is 1. The van der Waals surface area contributed by atoms with Crippen molar-refractivity contribution in [2.24, 2.45) is 5.92 Å². The van der Waals surface area contributed by atoms with E-state index in [-0.39, 0.29) is 30.2 Å². The van der Waals surface area contributed by atoms with Crippen molar-refractivity contribution in [1.29, 1.82) is 0 Å². The lowest BCUT2D eigenvalue weighted by Crippen LogP contribution is -2.18. The molecule has 37 heavy (non-hydrogen) atoms. The lowest BCUT2D eigenvalue weighted by Gasteiger charge is -2.21. The number of rotatable bonds is 10. The molecule has 6 nitrogen and oxygen atoms in total. The molecule has 0 unspecified atom stereocenters. The highest BCUT2D eigenvalue weighted by Gasteiger charge is 2.24. The van der Waals surface area contributed by atoms with Crippen molar-refractivity contribution in [2.45, 2.75) is 53.8 Å². The molecule has 0 aliphatic heterocycles. The number of halogens is 2. The van der Waals surface area contributed by atoms with Gasteiger partial charge in [-0.2, -0.15) is 0 Å². The summed E-state index contributed by atoms with van der Waals surface area (Å²) in [6.45, 7) is 9.31. The lowest BCUT2D eigenvalue weighted by molar-refractivity contribution is 0.0931. The van der Waals surface area contributed by atoms with Crippen LogP contribution in [0.25, 0.3) is 0 Å². The molecule has 0 aliphatic rings. The summed E-state index contributed by atoms with van der Waals surface area (Å²) >= 11 is 0. The number of ether oxygens (including phenoxy) is 3. The molecule has 0 bridgehead atoms. The SMILES string of the molecule is CCc1ccc(COC(=O)Nc2ccc(Oc3ccc(F)c(F)c3)cc2)c(OC(C)C)c1C(=O)C(C)C. The molecule has 3 aromatic carbocycles. The van der Waals surface area contributed by atoms with Crippen LogP contribution in [0.2, 0.25) is 0 Å². The second kappa shape index (κ2) is 12.3. The summed E-state index contributed by atoms with van der Waals surface area (Å²) in [6.07, 6.45) is -0.203. The number of aryl methyl sites for hydroxylation is 1. The zero-order valence-corrected chi connectivity index (χ0v) is 21.6. The van der Waals surface area contributed by atoms with E-state index in [2.05, 4.69) is 5.32 Å². The summed E-state index contributed by atoms with van der Waals surface area (Å²) in [5, 5.41) is 2.62. The van der Waals surface area contributed by atoms with Gasteiger partial charge < -0.3 is 14.2 Å². The Morgan fingerprint density at radius 1 is 0.865 bits per heavy atom. The summed E-state index contributed by atoms with van der Waals surface area (Å²) < 4.78 is 43.4. The number of anilines is 1. The number of nitrogens with one attached hydrogen (secondary N) is 1. The molecule has 3 rings (SSSR count). The van der Waals surface area contributed by atoms with Gasteiger partial charge in [-0.05, 0) is 62.2 Å². The maximum Gasteiger partial charge on any atom is 0.411 e. The van der Waals surface area contributed by atoms with Crippen LogP contribution in [0.1, 0.15) is 56.1 Å². The summed E-state index contributed by atoms with van der Waals surface area (Å²) in [6, 6.07) is 13.2. The molecule has 0 aromatic heterocycles. The van der Waals surface area contributed by atoms with Crippen LogP contribution in [0.5, 0.6) is 17.2 Å². The minimum Gasteiger partial charge on any atom is -0.490 e. The summed E-state index contributed by atoms with van der Waals surface area (Å²) in [5.41, 5.74) is 2.45. The van der Waals surface area contributed by atoms with Gasteiger partial charge in [0.15, 0.2) is 17.4 Å². The van der Waals surface area contributed by atoms with Gasteiger partial charge in [-0.15, -0.1) is 0 Å². The van der Waals surface area contributed by atoms with Crippen LogP contribution in [0, 0.1) is 17.6 Å². The first-order chi connectivity index (χ1) is 17.6. The van der Waals surface area contributed by atoms with Crippen LogP contribution in [-0.2, 0) is 17.8 Å².